The molecule has 1 aliphatic heterocycles. The number of nitrogens with zero attached hydrogens (tertiary/aromatic N) is 2. The molecule has 1 aromatic rings. The van der Waals surface area contributed by atoms with Crippen LogP contribution in [0.4, 0.5) is 4.79 Å². The van der Waals surface area contributed by atoms with E-state index in [-0.39, 0.29) is 11.6 Å². The van der Waals surface area contributed by atoms with Crippen LogP contribution in [0, 0.1) is 6.92 Å². The molecule has 5 heteroatoms. The molecule has 2 fully saturated rings. The third kappa shape index (κ3) is 3.77. The lowest BCUT2D eigenvalue weighted by molar-refractivity contribution is -0.00811. The van der Waals surface area contributed by atoms with Gasteiger partial charge >= 0.3 is 6.09 Å². The Morgan fingerprint density at radius 3 is 2.62 bits per heavy atom. The van der Waals surface area contributed by atoms with Crippen molar-refractivity contribution in [2.75, 3.05) is 19.6 Å². The first-order chi connectivity index (χ1) is 11.2. The van der Waals surface area contributed by atoms with Crippen LogP contribution in [0.1, 0.15) is 44.7 Å². The molecule has 1 saturated carbocycles. The van der Waals surface area contributed by atoms with Crippen LogP contribution in [0.15, 0.2) is 22.7 Å². The Balaban J connectivity index is 1.66. The second-order valence-electron chi connectivity index (χ2n) is 8.09. The number of hydrogen-bond donors (Lipinski definition) is 0. The molecule has 0 bridgehead atoms. The standard InChI is InChI=1S/C19H27BrN2O2/c1-14-15(6-5-7-16(14)20)12-21-10-11-22(19(13-21)8-9-19)17(23)24-18(2,3)4/h5-7H,8-13H2,1-4H3. The number of halogens is 1. The molecule has 1 spiro atoms. The minimum Gasteiger partial charge on any atom is -0.444 e. The Hall–Kier alpha value is -1.07. The van der Waals surface area contributed by atoms with E-state index < -0.39 is 5.60 Å². The Kier molecular flexibility index (Phi) is 4.69. The summed E-state index contributed by atoms with van der Waals surface area (Å²) in [5.74, 6) is 0. The van der Waals surface area contributed by atoms with Crippen molar-refractivity contribution in [1.82, 2.24) is 9.80 Å². The van der Waals surface area contributed by atoms with Crippen molar-refractivity contribution in [2.24, 2.45) is 0 Å². The van der Waals surface area contributed by atoms with Gasteiger partial charge in [-0.05, 0) is 57.7 Å². The zero-order chi connectivity index (χ0) is 17.5. The fraction of sp³-hybridized carbons (Fsp3) is 0.632. The summed E-state index contributed by atoms with van der Waals surface area (Å²) in [7, 11) is 0. The molecular weight excluding hydrogens is 368 g/mol. The average molecular weight is 395 g/mol. The Morgan fingerprint density at radius 1 is 1.29 bits per heavy atom. The first kappa shape index (κ1) is 17.7. The molecule has 0 N–H and O–H groups in total. The summed E-state index contributed by atoms with van der Waals surface area (Å²) in [5, 5.41) is 0. The fourth-order valence-corrected chi connectivity index (χ4v) is 3.84. The second-order valence-corrected chi connectivity index (χ2v) is 8.95. The van der Waals surface area contributed by atoms with Crippen molar-refractivity contribution in [1.29, 1.82) is 0 Å². The van der Waals surface area contributed by atoms with Gasteiger partial charge in [-0.3, -0.25) is 9.80 Å². The number of carbonyl (C=O) groups is 1. The molecule has 1 aliphatic carbocycles. The Labute approximate surface area is 153 Å². The van der Waals surface area contributed by atoms with Gasteiger partial charge in [0.1, 0.15) is 5.60 Å². The van der Waals surface area contributed by atoms with E-state index in [9.17, 15) is 4.79 Å². The minimum absolute atomic E-state index is 0.000497. The van der Waals surface area contributed by atoms with Gasteiger partial charge in [-0.15, -0.1) is 0 Å². The van der Waals surface area contributed by atoms with Gasteiger partial charge in [-0.25, -0.2) is 4.79 Å². The molecule has 0 radical (unpaired) electrons. The van der Waals surface area contributed by atoms with Gasteiger partial charge in [0.25, 0.3) is 0 Å². The molecule has 4 nitrogen and oxygen atoms in total. The predicted molar refractivity (Wildman–Crippen MR) is 99.1 cm³/mol. The predicted octanol–water partition coefficient (Wildman–Crippen LogP) is 4.34. The van der Waals surface area contributed by atoms with Crippen LogP contribution in [-0.4, -0.2) is 46.7 Å². The Bertz CT molecular complexity index is 635. The van der Waals surface area contributed by atoms with E-state index in [1.165, 1.54) is 11.1 Å². The van der Waals surface area contributed by atoms with Crippen molar-refractivity contribution in [3.05, 3.63) is 33.8 Å². The molecule has 3 rings (SSSR count). The number of rotatable bonds is 2. The summed E-state index contributed by atoms with van der Waals surface area (Å²) in [6.45, 7) is 11.5. The van der Waals surface area contributed by atoms with Gasteiger partial charge in [0, 0.05) is 30.7 Å². The smallest absolute Gasteiger partial charge is 0.410 e. The molecule has 1 aromatic carbocycles. The monoisotopic (exact) mass is 394 g/mol. The summed E-state index contributed by atoms with van der Waals surface area (Å²) in [6, 6.07) is 6.37. The van der Waals surface area contributed by atoms with Crippen LogP contribution in [0.25, 0.3) is 0 Å². The van der Waals surface area contributed by atoms with Crippen LogP contribution in [0.3, 0.4) is 0 Å². The molecule has 1 saturated heterocycles. The zero-order valence-corrected chi connectivity index (χ0v) is 16.6. The van der Waals surface area contributed by atoms with Gasteiger partial charge in [-0.1, -0.05) is 28.1 Å². The number of carbonyl (C=O) groups excluding carboxylic acids is 1. The molecule has 1 heterocycles. The highest BCUT2D eigenvalue weighted by molar-refractivity contribution is 9.10. The van der Waals surface area contributed by atoms with E-state index >= 15 is 0 Å². The molecule has 1 amide bonds. The van der Waals surface area contributed by atoms with E-state index in [1.54, 1.807) is 0 Å². The van der Waals surface area contributed by atoms with Crippen LogP contribution < -0.4 is 0 Å². The molecule has 132 valence electrons. The highest BCUT2D eigenvalue weighted by atomic mass is 79.9. The lowest BCUT2D eigenvalue weighted by Gasteiger charge is -2.42. The number of piperazine rings is 1. The summed E-state index contributed by atoms with van der Waals surface area (Å²) in [5.41, 5.74) is 2.22. The van der Waals surface area contributed by atoms with Crippen molar-refractivity contribution >= 4 is 22.0 Å². The molecule has 0 aromatic heterocycles. The summed E-state index contributed by atoms with van der Waals surface area (Å²) in [6.07, 6.45) is 2.01. The van der Waals surface area contributed by atoms with Gasteiger partial charge in [-0.2, -0.15) is 0 Å². The van der Waals surface area contributed by atoms with Crippen LogP contribution >= 0.6 is 15.9 Å². The van der Waals surface area contributed by atoms with Crippen molar-refractivity contribution in [3.63, 3.8) is 0 Å². The quantitative estimate of drug-likeness (QED) is 0.747. The summed E-state index contributed by atoms with van der Waals surface area (Å²) >= 11 is 3.61. The summed E-state index contributed by atoms with van der Waals surface area (Å²) < 4.78 is 6.76. The Morgan fingerprint density at radius 2 is 2.00 bits per heavy atom. The van der Waals surface area contributed by atoms with E-state index in [2.05, 4.69) is 46.0 Å². The van der Waals surface area contributed by atoms with Crippen LogP contribution in [-0.2, 0) is 11.3 Å². The number of ether oxygens (including phenoxy) is 1. The topological polar surface area (TPSA) is 32.8 Å². The van der Waals surface area contributed by atoms with Crippen LogP contribution in [0.5, 0.6) is 0 Å². The summed E-state index contributed by atoms with van der Waals surface area (Å²) in [4.78, 5) is 17.0. The molecule has 2 aliphatic rings. The molecule has 24 heavy (non-hydrogen) atoms. The average Bonchev–Trinajstić information content (AvgIpc) is 3.21. The van der Waals surface area contributed by atoms with Gasteiger partial charge in [0.15, 0.2) is 0 Å². The zero-order valence-electron chi connectivity index (χ0n) is 15.1. The fourth-order valence-electron chi connectivity index (χ4n) is 3.43. The third-order valence-corrected chi connectivity index (χ3v) is 5.80. The van der Waals surface area contributed by atoms with E-state index in [0.29, 0.717) is 0 Å². The number of hydrogen-bond acceptors (Lipinski definition) is 3. The number of amides is 1. The van der Waals surface area contributed by atoms with E-state index in [1.807, 2.05) is 25.7 Å². The van der Waals surface area contributed by atoms with Gasteiger partial charge in [0.05, 0.1) is 5.54 Å². The molecule has 0 unspecified atom stereocenters. The van der Waals surface area contributed by atoms with Crippen molar-refractivity contribution in [2.45, 2.75) is 58.2 Å². The highest BCUT2D eigenvalue weighted by Gasteiger charge is 2.54. The SMILES string of the molecule is Cc1c(Br)cccc1CN1CCN(C(=O)OC(C)(C)C)C2(CC2)C1. The van der Waals surface area contributed by atoms with E-state index in [0.717, 1.165) is 43.5 Å². The molecular formula is C19H27BrN2O2. The maximum Gasteiger partial charge on any atom is 0.410 e. The van der Waals surface area contributed by atoms with Crippen molar-refractivity contribution < 1.29 is 9.53 Å². The maximum absolute atomic E-state index is 12.5. The van der Waals surface area contributed by atoms with Crippen LogP contribution in [0.2, 0.25) is 0 Å². The lowest BCUT2D eigenvalue weighted by Crippen LogP contribution is -2.57. The van der Waals surface area contributed by atoms with Gasteiger partial charge in [0.2, 0.25) is 0 Å². The third-order valence-electron chi connectivity index (χ3n) is 4.95. The van der Waals surface area contributed by atoms with Crippen molar-refractivity contribution in [3.8, 4) is 0 Å². The lowest BCUT2D eigenvalue weighted by atomic mass is 10.1. The normalized spacial score (nSPS) is 20.3. The second kappa shape index (κ2) is 6.34. The van der Waals surface area contributed by atoms with Gasteiger partial charge < -0.3 is 4.74 Å². The highest BCUT2D eigenvalue weighted by Crippen LogP contribution is 2.45. The number of benzene rings is 1. The first-order valence-electron chi connectivity index (χ1n) is 8.67. The minimum atomic E-state index is -0.433. The first-order valence-corrected chi connectivity index (χ1v) is 9.46. The maximum atomic E-state index is 12.5. The molecule has 0 atom stereocenters. The largest absolute Gasteiger partial charge is 0.444 e. The van der Waals surface area contributed by atoms with E-state index in [4.69, 9.17) is 4.74 Å².